The van der Waals surface area contributed by atoms with Gasteiger partial charge in [-0.25, -0.2) is 0 Å². The summed E-state index contributed by atoms with van der Waals surface area (Å²) in [5.74, 6) is 1.66. The maximum atomic E-state index is 11.0. The highest BCUT2D eigenvalue weighted by molar-refractivity contribution is 5.94. The van der Waals surface area contributed by atoms with E-state index in [1.54, 1.807) is 21.1 Å². The summed E-state index contributed by atoms with van der Waals surface area (Å²) in [7, 11) is 3.28. The van der Waals surface area contributed by atoms with E-state index in [0.717, 1.165) is 53.9 Å². The third-order valence-corrected chi connectivity index (χ3v) is 4.22. The van der Waals surface area contributed by atoms with E-state index in [4.69, 9.17) is 9.47 Å². The fourth-order valence-corrected chi connectivity index (χ4v) is 2.74. The van der Waals surface area contributed by atoms with E-state index >= 15 is 0 Å². The van der Waals surface area contributed by atoms with Crippen LogP contribution in [0.1, 0.15) is 75.4 Å². The molecule has 0 saturated carbocycles. The molecule has 0 N–H and O–H groups in total. The van der Waals surface area contributed by atoms with Crippen molar-refractivity contribution in [2.45, 2.75) is 60.3 Å². The van der Waals surface area contributed by atoms with Crippen LogP contribution in [0.2, 0.25) is 0 Å². The van der Waals surface area contributed by atoms with Gasteiger partial charge in [0.15, 0.2) is 17.3 Å². The number of Topliss-reactive ketones (excluding diaryl/α,β-unsaturated/α-hetero) is 1. The van der Waals surface area contributed by atoms with Crippen molar-refractivity contribution >= 4 is 11.4 Å². The van der Waals surface area contributed by atoms with Gasteiger partial charge in [0.1, 0.15) is 0 Å². The van der Waals surface area contributed by atoms with Gasteiger partial charge in [-0.05, 0) is 54.7 Å². The zero-order chi connectivity index (χ0) is 22.2. The Kier molecular flexibility index (Phi) is 14.0. The molecule has 0 bridgehead atoms. The van der Waals surface area contributed by atoms with Gasteiger partial charge in [-0.1, -0.05) is 71.4 Å². The quantitative estimate of drug-likeness (QED) is 0.435. The van der Waals surface area contributed by atoms with Crippen LogP contribution in [0.25, 0.3) is 5.57 Å². The van der Waals surface area contributed by atoms with Crippen molar-refractivity contribution in [1.29, 1.82) is 0 Å². The second-order valence-corrected chi connectivity index (χ2v) is 6.43. The number of benzene rings is 2. The summed E-state index contributed by atoms with van der Waals surface area (Å²) in [4.78, 5) is 11.0. The first-order valence-corrected chi connectivity index (χ1v) is 10.5. The lowest BCUT2D eigenvalue weighted by Gasteiger charge is -2.10. The molecule has 160 valence electrons. The first kappa shape index (κ1) is 26.4. The highest BCUT2D eigenvalue weighted by atomic mass is 16.5. The van der Waals surface area contributed by atoms with Crippen LogP contribution >= 0.6 is 0 Å². The number of ether oxygens (including phenoxy) is 2. The summed E-state index contributed by atoms with van der Waals surface area (Å²) in [5, 5.41) is 0. The van der Waals surface area contributed by atoms with Crippen LogP contribution in [0.4, 0.5) is 0 Å². The molecule has 0 heterocycles. The van der Waals surface area contributed by atoms with E-state index in [1.807, 2.05) is 50.2 Å². The molecule has 2 aromatic rings. The lowest BCUT2D eigenvalue weighted by atomic mass is 10.0. The molecule has 0 saturated heterocycles. The van der Waals surface area contributed by atoms with E-state index in [9.17, 15) is 4.79 Å². The Balaban J connectivity index is 0.000000508. The number of carbonyl (C=O) groups excluding carboxylic acids is 1. The summed E-state index contributed by atoms with van der Waals surface area (Å²) < 4.78 is 10.4. The predicted molar refractivity (Wildman–Crippen MR) is 125 cm³/mol. The molecule has 0 fully saturated rings. The zero-order valence-corrected chi connectivity index (χ0v) is 19.3. The molecule has 3 heteroatoms. The van der Waals surface area contributed by atoms with E-state index in [2.05, 4.69) is 26.5 Å². The normalized spacial score (nSPS) is 9.34. The minimum absolute atomic E-state index is 0.146. The topological polar surface area (TPSA) is 35.5 Å². The first-order chi connectivity index (χ1) is 14.0. The number of aryl methyl sites for hydroxylation is 1. The molecule has 0 amide bonds. The van der Waals surface area contributed by atoms with Crippen LogP contribution < -0.4 is 9.47 Å². The maximum Gasteiger partial charge on any atom is 0.161 e. The van der Waals surface area contributed by atoms with Gasteiger partial charge in [-0.2, -0.15) is 0 Å². The molecular weight excluding hydrogens is 360 g/mol. The van der Waals surface area contributed by atoms with Crippen LogP contribution in [-0.4, -0.2) is 20.0 Å². The van der Waals surface area contributed by atoms with Gasteiger partial charge in [0.2, 0.25) is 0 Å². The fourth-order valence-electron chi connectivity index (χ4n) is 2.74. The van der Waals surface area contributed by atoms with Gasteiger partial charge < -0.3 is 9.47 Å². The van der Waals surface area contributed by atoms with Gasteiger partial charge in [0.25, 0.3) is 0 Å². The SMILES string of the molecule is C=C(CCC)c1ccc(OC)c(OC)c1.CC.CCCc1cccc(C(C)=O)c1. The molecular formula is C26H38O3. The standard InChI is InChI=1S/C13H18O2.C11H14O.C2H6/c1-5-6-10(2)11-7-8-12(14-3)13(9-11)15-4;1-3-5-10-6-4-7-11(8-10)9(2)12;1-2/h7-9H,2,5-6H2,1,3-4H3;4,6-8H,3,5H2,1-2H3;1-2H3. The predicted octanol–water partition coefficient (Wildman–Crippen LogP) is 7.39. The molecule has 2 aromatic carbocycles. The Hall–Kier alpha value is -2.55. The number of allylic oxidation sites excluding steroid dienone is 1. The van der Waals surface area contributed by atoms with Crippen LogP contribution in [0.15, 0.2) is 49.0 Å². The average Bonchev–Trinajstić information content (AvgIpc) is 2.75. The van der Waals surface area contributed by atoms with Crippen LogP contribution in [-0.2, 0) is 6.42 Å². The van der Waals surface area contributed by atoms with Crippen molar-refractivity contribution in [3.05, 3.63) is 65.7 Å². The molecule has 0 aliphatic rings. The van der Waals surface area contributed by atoms with Crippen LogP contribution in [0, 0.1) is 0 Å². The smallest absolute Gasteiger partial charge is 0.161 e. The van der Waals surface area contributed by atoms with Crippen LogP contribution in [0.3, 0.4) is 0 Å². The van der Waals surface area contributed by atoms with Gasteiger partial charge in [-0.15, -0.1) is 0 Å². The van der Waals surface area contributed by atoms with Gasteiger partial charge in [0, 0.05) is 5.56 Å². The monoisotopic (exact) mass is 398 g/mol. The summed E-state index contributed by atoms with van der Waals surface area (Å²) in [6, 6.07) is 13.7. The van der Waals surface area contributed by atoms with Crippen molar-refractivity contribution in [2.75, 3.05) is 14.2 Å². The highest BCUT2D eigenvalue weighted by Crippen LogP contribution is 2.30. The molecule has 0 aliphatic heterocycles. The van der Waals surface area contributed by atoms with E-state index in [-0.39, 0.29) is 5.78 Å². The second-order valence-electron chi connectivity index (χ2n) is 6.43. The third-order valence-electron chi connectivity index (χ3n) is 4.22. The molecule has 2 rings (SSSR count). The Morgan fingerprint density at radius 1 is 0.897 bits per heavy atom. The summed E-state index contributed by atoms with van der Waals surface area (Å²) in [6.45, 7) is 13.9. The lowest BCUT2D eigenvalue weighted by Crippen LogP contribution is -1.93. The lowest BCUT2D eigenvalue weighted by molar-refractivity contribution is 0.101. The van der Waals surface area contributed by atoms with Gasteiger partial charge >= 0.3 is 0 Å². The van der Waals surface area contributed by atoms with Gasteiger partial charge in [0.05, 0.1) is 14.2 Å². The zero-order valence-electron chi connectivity index (χ0n) is 19.3. The number of rotatable bonds is 8. The summed E-state index contributed by atoms with van der Waals surface area (Å²) in [6.07, 6.45) is 4.30. The molecule has 0 unspecified atom stereocenters. The van der Waals surface area contributed by atoms with Gasteiger partial charge in [-0.3, -0.25) is 4.79 Å². The maximum absolute atomic E-state index is 11.0. The molecule has 29 heavy (non-hydrogen) atoms. The summed E-state index contributed by atoms with van der Waals surface area (Å²) in [5.41, 5.74) is 4.33. The molecule has 0 radical (unpaired) electrons. The molecule has 0 spiro atoms. The van der Waals surface area contributed by atoms with Crippen molar-refractivity contribution in [3.63, 3.8) is 0 Å². The van der Waals surface area contributed by atoms with E-state index in [1.165, 1.54) is 5.56 Å². The fraction of sp³-hybridized carbons (Fsp3) is 0.423. The first-order valence-electron chi connectivity index (χ1n) is 10.5. The van der Waals surface area contributed by atoms with Crippen molar-refractivity contribution in [1.82, 2.24) is 0 Å². The minimum Gasteiger partial charge on any atom is -0.493 e. The second kappa shape index (κ2) is 15.4. The number of hydrogen-bond donors (Lipinski definition) is 0. The van der Waals surface area contributed by atoms with Crippen LogP contribution in [0.5, 0.6) is 11.5 Å². The number of hydrogen-bond acceptors (Lipinski definition) is 3. The molecule has 0 aromatic heterocycles. The third kappa shape index (κ3) is 9.47. The highest BCUT2D eigenvalue weighted by Gasteiger charge is 2.06. The van der Waals surface area contributed by atoms with Crippen molar-refractivity contribution in [2.24, 2.45) is 0 Å². The number of carbonyl (C=O) groups is 1. The number of ketones is 1. The minimum atomic E-state index is 0.146. The number of methoxy groups -OCH3 is 2. The Labute approximate surface area is 177 Å². The average molecular weight is 399 g/mol. The summed E-state index contributed by atoms with van der Waals surface area (Å²) >= 11 is 0. The Morgan fingerprint density at radius 2 is 1.55 bits per heavy atom. The Morgan fingerprint density at radius 3 is 2.07 bits per heavy atom. The van der Waals surface area contributed by atoms with E-state index < -0.39 is 0 Å². The van der Waals surface area contributed by atoms with Crippen molar-refractivity contribution in [3.8, 4) is 11.5 Å². The molecule has 3 nitrogen and oxygen atoms in total. The Bertz CT molecular complexity index is 747. The van der Waals surface area contributed by atoms with Crippen molar-refractivity contribution < 1.29 is 14.3 Å². The van der Waals surface area contributed by atoms with E-state index in [0.29, 0.717) is 0 Å². The molecule has 0 atom stereocenters. The molecule has 0 aliphatic carbocycles. The largest absolute Gasteiger partial charge is 0.493 e.